The molecule has 0 amide bonds. The van der Waals surface area contributed by atoms with Gasteiger partial charge < -0.3 is 0 Å². The van der Waals surface area contributed by atoms with Gasteiger partial charge in [-0.2, -0.15) is 0 Å². The molecule has 0 saturated heterocycles. The average Bonchev–Trinajstić information content (AvgIpc) is 3.06. The van der Waals surface area contributed by atoms with Gasteiger partial charge in [0.2, 0.25) is 5.91 Å². The maximum atomic E-state index is 13.1. The second kappa shape index (κ2) is 7.40. The molecule has 0 fully saturated rings. The Balaban J connectivity index is 1.64. The van der Waals surface area contributed by atoms with Gasteiger partial charge >= 0.3 is 0 Å². The molecule has 0 spiro atoms. The van der Waals surface area contributed by atoms with Crippen molar-refractivity contribution in [2.24, 2.45) is 0 Å². The van der Waals surface area contributed by atoms with Crippen molar-refractivity contribution >= 4 is 27.7 Å². The van der Waals surface area contributed by atoms with Crippen LogP contribution in [-0.4, -0.2) is 10.5 Å². The van der Waals surface area contributed by atoms with Crippen LogP contribution in [0.1, 0.15) is 48.5 Å². The molecule has 27 heavy (non-hydrogen) atoms. The van der Waals surface area contributed by atoms with Crippen molar-refractivity contribution < 1.29 is 4.79 Å². The Morgan fingerprint density at radius 1 is 0.889 bits per heavy atom. The van der Waals surface area contributed by atoms with Gasteiger partial charge in [0.15, 0.2) is 0 Å². The molecule has 0 radical (unpaired) electrons. The number of rotatable bonds is 5. The molecule has 4 aromatic rings. The van der Waals surface area contributed by atoms with E-state index in [1.165, 1.54) is 11.1 Å². The first-order chi connectivity index (χ1) is 13.2. The van der Waals surface area contributed by atoms with Crippen LogP contribution in [0.2, 0.25) is 0 Å². The second-order valence-corrected chi connectivity index (χ2v) is 7.32. The summed E-state index contributed by atoms with van der Waals surface area (Å²) in [6, 6.07) is 25.0. The molecular formula is C25H25NO. The minimum atomic E-state index is 0.154. The van der Waals surface area contributed by atoms with E-state index in [0.717, 1.165) is 34.6 Å². The molecule has 136 valence electrons. The van der Waals surface area contributed by atoms with Gasteiger partial charge in [-0.05, 0) is 42.0 Å². The van der Waals surface area contributed by atoms with Gasteiger partial charge in [0.25, 0.3) is 0 Å². The summed E-state index contributed by atoms with van der Waals surface area (Å²) in [6.07, 6.45) is 2.40. The Labute approximate surface area is 160 Å². The molecule has 0 N–H and O–H groups in total. The molecule has 1 aromatic heterocycles. The zero-order valence-electron chi connectivity index (χ0n) is 16.0. The smallest absolute Gasteiger partial charge is 0.231 e. The van der Waals surface area contributed by atoms with E-state index in [9.17, 15) is 4.79 Å². The Morgan fingerprint density at radius 2 is 1.52 bits per heavy atom. The number of carbonyl (C=O) groups is 1. The third-order valence-electron chi connectivity index (χ3n) is 5.59. The van der Waals surface area contributed by atoms with Gasteiger partial charge in [-0.3, -0.25) is 9.36 Å². The van der Waals surface area contributed by atoms with Crippen molar-refractivity contribution in [3.05, 3.63) is 83.9 Å². The fourth-order valence-corrected chi connectivity index (χ4v) is 3.85. The van der Waals surface area contributed by atoms with Crippen molar-refractivity contribution in [1.82, 2.24) is 4.57 Å². The standard InChI is InChI=1S/C25H25NO/c1-3-18(2)20-10-8-9-19(17-20)15-16-25(27)26-23-13-6-4-11-21(23)22-12-5-7-14-24(22)26/h4-14,17-18H,3,15-16H2,1-2H3. The molecule has 0 saturated carbocycles. The first kappa shape index (κ1) is 17.5. The Kier molecular flexibility index (Phi) is 4.81. The number of benzene rings is 3. The highest BCUT2D eigenvalue weighted by Crippen LogP contribution is 2.29. The summed E-state index contributed by atoms with van der Waals surface area (Å²) in [6.45, 7) is 4.46. The number of hydrogen-bond donors (Lipinski definition) is 0. The van der Waals surface area contributed by atoms with E-state index in [-0.39, 0.29) is 5.91 Å². The molecule has 2 nitrogen and oxygen atoms in total. The van der Waals surface area contributed by atoms with Crippen molar-refractivity contribution in [1.29, 1.82) is 0 Å². The lowest BCUT2D eigenvalue weighted by molar-refractivity contribution is 0.0913. The minimum Gasteiger partial charge on any atom is -0.280 e. The summed E-state index contributed by atoms with van der Waals surface area (Å²) in [7, 11) is 0. The first-order valence-electron chi connectivity index (χ1n) is 9.79. The SMILES string of the molecule is CCC(C)c1cccc(CCC(=O)n2c3ccccc3c3ccccc32)c1. The molecule has 1 unspecified atom stereocenters. The number of para-hydroxylation sites is 2. The van der Waals surface area contributed by atoms with E-state index in [2.05, 4.69) is 50.2 Å². The monoisotopic (exact) mass is 355 g/mol. The van der Waals surface area contributed by atoms with Gasteiger partial charge in [-0.15, -0.1) is 0 Å². The van der Waals surface area contributed by atoms with Crippen LogP contribution in [0.3, 0.4) is 0 Å². The summed E-state index contributed by atoms with van der Waals surface area (Å²) < 4.78 is 1.89. The van der Waals surface area contributed by atoms with Crippen LogP contribution in [0.5, 0.6) is 0 Å². The number of hydrogen-bond acceptors (Lipinski definition) is 1. The Hall–Kier alpha value is -2.87. The molecule has 1 atom stereocenters. The summed E-state index contributed by atoms with van der Waals surface area (Å²) >= 11 is 0. The van der Waals surface area contributed by atoms with Crippen LogP contribution in [0.15, 0.2) is 72.8 Å². The highest BCUT2D eigenvalue weighted by atomic mass is 16.2. The minimum absolute atomic E-state index is 0.154. The van der Waals surface area contributed by atoms with E-state index >= 15 is 0 Å². The van der Waals surface area contributed by atoms with E-state index in [4.69, 9.17) is 0 Å². The van der Waals surface area contributed by atoms with Crippen molar-refractivity contribution in [3.8, 4) is 0 Å². The van der Waals surface area contributed by atoms with Crippen molar-refractivity contribution in [2.75, 3.05) is 0 Å². The zero-order valence-corrected chi connectivity index (χ0v) is 16.0. The lowest BCUT2D eigenvalue weighted by Gasteiger charge is -2.11. The molecule has 0 aliphatic rings. The Morgan fingerprint density at radius 3 is 2.15 bits per heavy atom. The van der Waals surface area contributed by atoms with Crippen LogP contribution >= 0.6 is 0 Å². The van der Waals surface area contributed by atoms with Crippen molar-refractivity contribution in [2.45, 2.75) is 39.0 Å². The average molecular weight is 355 g/mol. The maximum Gasteiger partial charge on any atom is 0.231 e. The van der Waals surface area contributed by atoms with Crippen LogP contribution < -0.4 is 0 Å². The second-order valence-electron chi connectivity index (χ2n) is 7.32. The molecule has 2 heteroatoms. The molecule has 1 heterocycles. The zero-order chi connectivity index (χ0) is 18.8. The number of carbonyl (C=O) groups excluding carboxylic acids is 1. The normalized spacial score (nSPS) is 12.5. The summed E-state index contributed by atoms with van der Waals surface area (Å²) in [5.41, 5.74) is 4.59. The molecule has 0 aliphatic heterocycles. The lowest BCUT2D eigenvalue weighted by atomic mass is 9.96. The molecular weight excluding hydrogens is 330 g/mol. The quantitative estimate of drug-likeness (QED) is 0.396. The molecule has 3 aromatic carbocycles. The topological polar surface area (TPSA) is 22.0 Å². The van der Waals surface area contributed by atoms with Crippen LogP contribution in [0.4, 0.5) is 0 Å². The Bertz CT molecular complexity index is 1050. The van der Waals surface area contributed by atoms with Crippen LogP contribution in [0.25, 0.3) is 21.8 Å². The predicted octanol–water partition coefficient (Wildman–Crippen LogP) is 6.58. The fourth-order valence-electron chi connectivity index (χ4n) is 3.85. The van der Waals surface area contributed by atoms with E-state index in [1.54, 1.807) is 0 Å². The van der Waals surface area contributed by atoms with Gasteiger partial charge in [0.05, 0.1) is 11.0 Å². The lowest BCUT2D eigenvalue weighted by Crippen LogP contribution is -2.11. The fraction of sp³-hybridized carbons (Fsp3) is 0.240. The summed E-state index contributed by atoms with van der Waals surface area (Å²) in [5, 5.41) is 2.28. The predicted molar refractivity (Wildman–Crippen MR) is 114 cm³/mol. The largest absolute Gasteiger partial charge is 0.280 e. The van der Waals surface area contributed by atoms with Gasteiger partial charge in [0, 0.05) is 17.2 Å². The summed E-state index contributed by atoms with van der Waals surface area (Å²) in [5.74, 6) is 0.708. The number of aryl methyl sites for hydroxylation is 1. The maximum absolute atomic E-state index is 13.1. The van der Waals surface area contributed by atoms with Gasteiger partial charge in [-0.25, -0.2) is 0 Å². The van der Waals surface area contributed by atoms with Crippen LogP contribution in [0, 0.1) is 0 Å². The highest BCUT2D eigenvalue weighted by molar-refractivity contribution is 6.13. The van der Waals surface area contributed by atoms with E-state index in [1.807, 2.05) is 41.0 Å². The van der Waals surface area contributed by atoms with Gasteiger partial charge in [-0.1, -0.05) is 74.5 Å². The van der Waals surface area contributed by atoms with Crippen molar-refractivity contribution in [3.63, 3.8) is 0 Å². The van der Waals surface area contributed by atoms with Gasteiger partial charge in [0.1, 0.15) is 0 Å². The third kappa shape index (κ3) is 3.28. The third-order valence-corrected chi connectivity index (χ3v) is 5.59. The number of nitrogens with zero attached hydrogens (tertiary/aromatic N) is 1. The first-order valence-corrected chi connectivity index (χ1v) is 9.79. The van der Waals surface area contributed by atoms with E-state index < -0.39 is 0 Å². The highest BCUT2D eigenvalue weighted by Gasteiger charge is 2.15. The number of fused-ring (bicyclic) bond motifs is 3. The van der Waals surface area contributed by atoms with E-state index in [0.29, 0.717) is 12.3 Å². The summed E-state index contributed by atoms with van der Waals surface area (Å²) in [4.78, 5) is 13.1. The molecule has 4 rings (SSSR count). The van der Waals surface area contributed by atoms with Crippen LogP contribution in [-0.2, 0) is 6.42 Å². The molecule has 0 bridgehead atoms. The molecule has 0 aliphatic carbocycles. The number of aromatic nitrogens is 1.